The third-order valence-electron chi connectivity index (χ3n) is 4.45. The van der Waals surface area contributed by atoms with E-state index in [0.717, 1.165) is 18.3 Å². The van der Waals surface area contributed by atoms with Crippen LogP contribution in [0.4, 0.5) is 0 Å². The van der Waals surface area contributed by atoms with E-state index in [4.69, 9.17) is 11.6 Å². The van der Waals surface area contributed by atoms with Crippen LogP contribution in [0.3, 0.4) is 0 Å². The maximum atomic E-state index is 5.97. The van der Waals surface area contributed by atoms with Crippen LogP contribution in [0, 0.1) is 0 Å². The van der Waals surface area contributed by atoms with E-state index >= 15 is 0 Å². The van der Waals surface area contributed by atoms with Crippen molar-refractivity contribution in [3.8, 4) is 0 Å². The van der Waals surface area contributed by atoms with Gasteiger partial charge in [0.15, 0.2) is 0 Å². The van der Waals surface area contributed by atoms with E-state index in [0.29, 0.717) is 11.2 Å². The molecule has 0 aliphatic carbocycles. The Morgan fingerprint density at radius 1 is 1.32 bits per heavy atom. The van der Waals surface area contributed by atoms with Crippen LogP contribution >= 0.6 is 11.6 Å². The van der Waals surface area contributed by atoms with Gasteiger partial charge in [0.2, 0.25) is 0 Å². The SMILES string of the molecule is CC1CN2CCCCC2CN1Cc1cccc(Cl)n1. The highest BCUT2D eigenvalue weighted by Crippen LogP contribution is 2.25. The number of piperidine rings is 1. The van der Waals surface area contributed by atoms with E-state index in [-0.39, 0.29) is 0 Å². The molecule has 2 unspecified atom stereocenters. The first-order valence-electron chi connectivity index (χ1n) is 7.32. The molecule has 0 spiro atoms. The lowest BCUT2D eigenvalue weighted by atomic mass is 9.97. The lowest BCUT2D eigenvalue weighted by Gasteiger charge is -2.47. The molecule has 0 aromatic carbocycles. The van der Waals surface area contributed by atoms with Gasteiger partial charge in [0.25, 0.3) is 0 Å². The van der Waals surface area contributed by atoms with Crippen LogP contribution in [0.15, 0.2) is 18.2 Å². The summed E-state index contributed by atoms with van der Waals surface area (Å²) >= 11 is 5.97. The van der Waals surface area contributed by atoms with Gasteiger partial charge < -0.3 is 0 Å². The predicted molar refractivity (Wildman–Crippen MR) is 78.3 cm³/mol. The summed E-state index contributed by atoms with van der Waals surface area (Å²) in [6.45, 7) is 6.92. The first-order chi connectivity index (χ1) is 9.22. The Balaban J connectivity index is 1.67. The molecule has 104 valence electrons. The molecule has 19 heavy (non-hydrogen) atoms. The molecule has 1 aromatic heterocycles. The fourth-order valence-electron chi connectivity index (χ4n) is 3.38. The maximum Gasteiger partial charge on any atom is 0.129 e. The van der Waals surface area contributed by atoms with E-state index in [9.17, 15) is 0 Å². The second-order valence-electron chi connectivity index (χ2n) is 5.87. The van der Waals surface area contributed by atoms with E-state index in [1.165, 1.54) is 38.9 Å². The molecule has 0 N–H and O–H groups in total. The number of fused-ring (bicyclic) bond motifs is 1. The molecule has 1 aromatic rings. The quantitative estimate of drug-likeness (QED) is 0.776. The number of piperazine rings is 1. The first-order valence-corrected chi connectivity index (χ1v) is 7.70. The van der Waals surface area contributed by atoms with Crippen molar-refractivity contribution in [2.24, 2.45) is 0 Å². The summed E-state index contributed by atoms with van der Waals surface area (Å²) in [6, 6.07) is 7.27. The van der Waals surface area contributed by atoms with Crippen LogP contribution < -0.4 is 0 Å². The molecule has 2 saturated heterocycles. The number of hydrogen-bond acceptors (Lipinski definition) is 3. The van der Waals surface area contributed by atoms with Crippen molar-refractivity contribution >= 4 is 11.6 Å². The Bertz CT molecular complexity index is 437. The van der Waals surface area contributed by atoms with Crippen molar-refractivity contribution < 1.29 is 0 Å². The smallest absolute Gasteiger partial charge is 0.129 e. The summed E-state index contributed by atoms with van der Waals surface area (Å²) in [5.74, 6) is 0. The second kappa shape index (κ2) is 5.78. The lowest BCUT2D eigenvalue weighted by Crippen LogP contribution is -2.58. The Morgan fingerprint density at radius 3 is 3.05 bits per heavy atom. The van der Waals surface area contributed by atoms with Crippen LogP contribution in [0.5, 0.6) is 0 Å². The minimum absolute atomic E-state index is 0.599. The standard InChI is InChI=1S/C15H22ClN3/c1-12-9-18-8-3-2-6-14(18)11-19(12)10-13-5-4-7-15(16)17-13/h4-5,7,12,14H,2-3,6,8-11H2,1H3. The van der Waals surface area contributed by atoms with Gasteiger partial charge in [0, 0.05) is 31.7 Å². The molecule has 3 heterocycles. The number of aromatic nitrogens is 1. The topological polar surface area (TPSA) is 19.4 Å². The Hall–Kier alpha value is -0.640. The average molecular weight is 280 g/mol. The maximum absolute atomic E-state index is 5.97. The van der Waals surface area contributed by atoms with Gasteiger partial charge >= 0.3 is 0 Å². The average Bonchev–Trinajstić information content (AvgIpc) is 2.40. The highest BCUT2D eigenvalue weighted by Gasteiger charge is 2.32. The van der Waals surface area contributed by atoms with Gasteiger partial charge in [-0.05, 0) is 38.4 Å². The zero-order chi connectivity index (χ0) is 13.2. The number of nitrogens with zero attached hydrogens (tertiary/aromatic N) is 3. The normalized spacial score (nSPS) is 29.2. The van der Waals surface area contributed by atoms with Crippen LogP contribution in [0.1, 0.15) is 31.9 Å². The molecule has 0 amide bonds. The summed E-state index contributed by atoms with van der Waals surface area (Å²) in [5.41, 5.74) is 1.09. The van der Waals surface area contributed by atoms with Gasteiger partial charge in [-0.15, -0.1) is 0 Å². The van der Waals surface area contributed by atoms with E-state index in [2.05, 4.69) is 27.8 Å². The van der Waals surface area contributed by atoms with Crippen LogP contribution in [-0.2, 0) is 6.54 Å². The van der Waals surface area contributed by atoms with Gasteiger partial charge in [-0.25, -0.2) is 4.98 Å². The predicted octanol–water partition coefficient (Wildman–Crippen LogP) is 2.79. The summed E-state index contributed by atoms with van der Waals surface area (Å²) in [4.78, 5) is 9.65. The third-order valence-corrected chi connectivity index (χ3v) is 4.66. The molecule has 0 bridgehead atoms. The first kappa shape index (κ1) is 13.3. The molecule has 0 radical (unpaired) electrons. The van der Waals surface area contributed by atoms with E-state index < -0.39 is 0 Å². The molecule has 3 rings (SSSR count). The summed E-state index contributed by atoms with van der Waals surface area (Å²) in [6.07, 6.45) is 4.12. The molecule has 3 nitrogen and oxygen atoms in total. The van der Waals surface area contributed by atoms with Gasteiger partial charge in [0.05, 0.1) is 5.69 Å². The fraction of sp³-hybridized carbons (Fsp3) is 0.667. The van der Waals surface area contributed by atoms with Crippen molar-refractivity contribution in [2.45, 2.75) is 44.8 Å². The van der Waals surface area contributed by atoms with Crippen molar-refractivity contribution in [3.05, 3.63) is 29.0 Å². The number of rotatable bonds is 2. The molecule has 4 heteroatoms. The number of pyridine rings is 1. The van der Waals surface area contributed by atoms with Crippen molar-refractivity contribution in [3.63, 3.8) is 0 Å². The van der Waals surface area contributed by atoms with Crippen LogP contribution in [0.25, 0.3) is 0 Å². The Labute approximate surface area is 120 Å². The zero-order valence-electron chi connectivity index (χ0n) is 11.6. The lowest BCUT2D eigenvalue weighted by molar-refractivity contribution is 0.0105. The molecular weight excluding hydrogens is 258 g/mol. The monoisotopic (exact) mass is 279 g/mol. The molecular formula is C15H22ClN3. The van der Waals surface area contributed by atoms with E-state index in [1.807, 2.05) is 12.1 Å². The number of halogens is 1. The molecule has 2 atom stereocenters. The van der Waals surface area contributed by atoms with Crippen molar-refractivity contribution in [1.82, 2.24) is 14.8 Å². The van der Waals surface area contributed by atoms with Crippen LogP contribution in [-0.4, -0.2) is 46.5 Å². The molecule has 0 saturated carbocycles. The van der Waals surface area contributed by atoms with Gasteiger partial charge in [-0.2, -0.15) is 0 Å². The second-order valence-corrected chi connectivity index (χ2v) is 6.26. The highest BCUT2D eigenvalue weighted by molar-refractivity contribution is 6.29. The van der Waals surface area contributed by atoms with Crippen molar-refractivity contribution in [1.29, 1.82) is 0 Å². The molecule has 2 fully saturated rings. The Kier molecular flexibility index (Phi) is 4.06. The summed E-state index contributed by atoms with van der Waals surface area (Å²) < 4.78 is 0. The highest BCUT2D eigenvalue weighted by atomic mass is 35.5. The van der Waals surface area contributed by atoms with Crippen molar-refractivity contribution in [2.75, 3.05) is 19.6 Å². The summed E-state index contributed by atoms with van der Waals surface area (Å²) in [5, 5.41) is 0.599. The molecule has 2 aliphatic heterocycles. The minimum Gasteiger partial charge on any atom is -0.298 e. The molecule has 2 aliphatic rings. The largest absolute Gasteiger partial charge is 0.298 e. The minimum atomic E-state index is 0.599. The van der Waals surface area contributed by atoms with Gasteiger partial charge in [-0.3, -0.25) is 9.80 Å². The zero-order valence-corrected chi connectivity index (χ0v) is 12.3. The van der Waals surface area contributed by atoms with Gasteiger partial charge in [-0.1, -0.05) is 24.1 Å². The van der Waals surface area contributed by atoms with Crippen LogP contribution in [0.2, 0.25) is 5.15 Å². The Morgan fingerprint density at radius 2 is 2.21 bits per heavy atom. The number of hydrogen-bond donors (Lipinski definition) is 0. The third kappa shape index (κ3) is 3.10. The fourth-order valence-corrected chi connectivity index (χ4v) is 3.56. The van der Waals surface area contributed by atoms with E-state index in [1.54, 1.807) is 0 Å². The summed E-state index contributed by atoms with van der Waals surface area (Å²) in [7, 11) is 0. The van der Waals surface area contributed by atoms with Gasteiger partial charge in [0.1, 0.15) is 5.15 Å².